The molecule has 5 nitrogen and oxygen atoms in total. The van der Waals surface area contributed by atoms with E-state index >= 15 is 0 Å². The van der Waals surface area contributed by atoms with Crippen molar-refractivity contribution in [2.24, 2.45) is 0 Å². The van der Waals surface area contributed by atoms with Crippen molar-refractivity contribution in [1.29, 1.82) is 0 Å². The Balaban J connectivity index is 1.96. The largest absolute Gasteiger partial charge is 0.494 e. The maximum absolute atomic E-state index is 13.6. The summed E-state index contributed by atoms with van der Waals surface area (Å²) in [6.07, 6.45) is 2.71. The van der Waals surface area contributed by atoms with E-state index in [2.05, 4.69) is 10.1 Å². The van der Waals surface area contributed by atoms with Gasteiger partial charge in [-0.3, -0.25) is 4.79 Å². The molecule has 0 atom stereocenters. The van der Waals surface area contributed by atoms with Crippen molar-refractivity contribution < 1.29 is 32.2 Å². The van der Waals surface area contributed by atoms with Gasteiger partial charge in [0, 0.05) is 12.6 Å². The number of benzene rings is 2. The molecular weight excluding hydrogens is 363 g/mol. The molecule has 0 unspecified atom stereocenters. The number of amides is 1. The third kappa shape index (κ3) is 5.95. The highest BCUT2D eigenvalue weighted by atomic mass is 19.3. The monoisotopic (exact) mass is 381 g/mol. The number of hydrogen-bond acceptors (Lipinski definition) is 4. The fraction of sp³-hybridized carbons (Fsp3) is 0.211. The summed E-state index contributed by atoms with van der Waals surface area (Å²) < 4.78 is 52.4. The Morgan fingerprint density at radius 1 is 1.07 bits per heavy atom. The van der Waals surface area contributed by atoms with Crippen LogP contribution in [-0.2, 0) is 11.3 Å². The van der Waals surface area contributed by atoms with Crippen LogP contribution in [0.5, 0.6) is 17.2 Å². The number of rotatable bonds is 8. The minimum absolute atomic E-state index is 0.0935. The molecule has 1 amide bonds. The summed E-state index contributed by atoms with van der Waals surface area (Å²) in [6.45, 7) is -2.82. The van der Waals surface area contributed by atoms with Crippen molar-refractivity contribution in [2.45, 2.75) is 13.2 Å². The average molecular weight is 381 g/mol. The highest BCUT2D eigenvalue weighted by Crippen LogP contribution is 2.29. The quantitative estimate of drug-likeness (QED) is 0.708. The van der Waals surface area contributed by atoms with Crippen LogP contribution in [0.4, 0.5) is 13.2 Å². The molecule has 0 aromatic heterocycles. The molecule has 0 spiro atoms. The molecule has 2 aromatic rings. The molecular formula is C19H18F3NO4. The Morgan fingerprint density at radius 2 is 1.78 bits per heavy atom. The van der Waals surface area contributed by atoms with Crippen LogP contribution in [0, 0.1) is 5.82 Å². The van der Waals surface area contributed by atoms with Gasteiger partial charge in [-0.05, 0) is 41.5 Å². The minimum Gasteiger partial charge on any atom is -0.494 e. The highest BCUT2D eigenvalue weighted by Gasteiger charge is 2.11. The third-order valence-corrected chi connectivity index (χ3v) is 3.51. The maximum Gasteiger partial charge on any atom is 0.387 e. The normalized spacial score (nSPS) is 10.9. The molecule has 0 aliphatic carbocycles. The highest BCUT2D eigenvalue weighted by molar-refractivity contribution is 5.91. The van der Waals surface area contributed by atoms with E-state index in [9.17, 15) is 18.0 Å². The Morgan fingerprint density at radius 3 is 2.41 bits per heavy atom. The Bertz CT molecular complexity index is 825. The molecule has 1 N–H and O–H groups in total. The van der Waals surface area contributed by atoms with Crippen LogP contribution >= 0.6 is 0 Å². The van der Waals surface area contributed by atoms with Gasteiger partial charge >= 0.3 is 6.61 Å². The van der Waals surface area contributed by atoms with Gasteiger partial charge in [0.2, 0.25) is 5.91 Å². The lowest BCUT2D eigenvalue weighted by molar-refractivity contribution is -0.116. The second-order valence-electron chi connectivity index (χ2n) is 5.31. The molecule has 0 fully saturated rings. The fourth-order valence-electron chi connectivity index (χ4n) is 2.22. The van der Waals surface area contributed by atoms with Crippen LogP contribution in [0.3, 0.4) is 0 Å². The van der Waals surface area contributed by atoms with Gasteiger partial charge in [-0.25, -0.2) is 4.39 Å². The number of nitrogens with one attached hydrogen (secondary N) is 1. The summed E-state index contributed by atoms with van der Waals surface area (Å²) >= 11 is 0. The van der Waals surface area contributed by atoms with Gasteiger partial charge in [0.15, 0.2) is 23.1 Å². The zero-order valence-electron chi connectivity index (χ0n) is 14.7. The predicted octanol–water partition coefficient (Wildman–Crippen LogP) is 3.77. The van der Waals surface area contributed by atoms with Crippen LogP contribution < -0.4 is 19.5 Å². The van der Waals surface area contributed by atoms with Crippen molar-refractivity contribution in [1.82, 2.24) is 5.32 Å². The molecule has 0 aliphatic rings. The van der Waals surface area contributed by atoms with Crippen molar-refractivity contribution in [3.05, 3.63) is 59.4 Å². The van der Waals surface area contributed by atoms with E-state index in [-0.39, 0.29) is 23.8 Å². The van der Waals surface area contributed by atoms with Crippen molar-refractivity contribution in [2.75, 3.05) is 14.2 Å². The first kappa shape index (κ1) is 20.2. The lowest BCUT2D eigenvalue weighted by Crippen LogP contribution is -2.20. The molecule has 2 aromatic carbocycles. The van der Waals surface area contributed by atoms with Gasteiger partial charge in [-0.15, -0.1) is 0 Å². The topological polar surface area (TPSA) is 56.8 Å². The van der Waals surface area contributed by atoms with Crippen molar-refractivity contribution >= 4 is 12.0 Å². The molecule has 2 rings (SSSR count). The minimum atomic E-state index is -2.96. The van der Waals surface area contributed by atoms with E-state index in [0.717, 1.165) is 0 Å². The molecule has 0 saturated carbocycles. The van der Waals surface area contributed by atoms with Gasteiger partial charge in [-0.1, -0.05) is 12.1 Å². The van der Waals surface area contributed by atoms with E-state index in [4.69, 9.17) is 9.47 Å². The van der Waals surface area contributed by atoms with E-state index in [1.807, 2.05) is 0 Å². The van der Waals surface area contributed by atoms with Crippen molar-refractivity contribution in [3.63, 3.8) is 0 Å². The first-order chi connectivity index (χ1) is 12.9. The summed E-state index contributed by atoms with van der Waals surface area (Å²) in [6, 6.07) is 8.67. The number of halogens is 3. The van der Waals surface area contributed by atoms with Gasteiger partial charge in [0.1, 0.15) is 0 Å². The lowest BCUT2D eigenvalue weighted by Gasteiger charge is -2.11. The standard InChI is InChI=1S/C19H18F3NO4/c1-25-15-6-3-12(9-14(15)20)5-8-18(24)23-11-13-4-7-16(27-19(21)22)17(10-13)26-2/h3-10,19H,11H2,1-2H3,(H,23,24)/b8-5+. The van der Waals surface area contributed by atoms with Gasteiger partial charge < -0.3 is 19.5 Å². The Hall–Kier alpha value is -3.16. The number of methoxy groups -OCH3 is 2. The molecule has 0 radical (unpaired) electrons. The smallest absolute Gasteiger partial charge is 0.387 e. The number of ether oxygens (including phenoxy) is 3. The number of carbonyl (C=O) groups is 1. The van der Waals surface area contributed by atoms with E-state index < -0.39 is 18.3 Å². The third-order valence-electron chi connectivity index (χ3n) is 3.51. The molecule has 8 heteroatoms. The SMILES string of the molecule is COc1ccc(/C=C/C(=O)NCc2ccc(OC(F)F)c(OC)c2)cc1F. The Labute approximate surface area is 154 Å². The van der Waals surface area contributed by atoms with Crippen LogP contribution in [-0.4, -0.2) is 26.7 Å². The summed E-state index contributed by atoms with van der Waals surface area (Å²) in [5, 5.41) is 2.63. The number of alkyl halides is 2. The summed E-state index contributed by atoms with van der Waals surface area (Å²) in [7, 11) is 2.69. The van der Waals surface area contributed by atoms with Gasteiger partial charge in [0.25, 0.3) is 0 Å². The molecule has 144 valence electrons. The van der Waals surface area contributed by atoms with Crippen LogP contribution in [0.25, 0.3) is 6.08 Å². The molecule has 0 aliphatic heterocycles. The maximum atomic E-state index is 13.6. The lowest BCUT2D eigenvalue weighted by atomic mass is 10.2. The summed E-state index contributed by atoms with van der Waals surface area (Å²) in [5.41, 5.74) is 1.13. The Kier molecular flexibility index (Phi) is 7.10. The van der Waals surface area contributed by atoms with E-state index in [0.29, 0.717) is 11.1 Å². The van der Waals surface area contributed by atoms with Crippen LogP contribution in [0.2, 0.25) is 0 Å². The van der Waals surface area contributed by atoms with Crippen LogP contribution in [0.1, 0.15) is 11.1 Å². The summed E-state index contributed by atoms with van der Waals surface area (Å²) in [5.74, 6) is -0.781. The van der Waals surface area contributed by atoms with E-state index in [1.165, 1.54) is 56.7 Å². The zero-order chi connectivity index (χ0) is 19.8. The first-order valence-corrected chi connectivity index (χ1v) is 7.84. The predicted molar refractivity (Wildman–Crippen MR) is 93.5 cm³/mol. The molecule has 0 saturated heterocycles. The second kappa shape index (κ2) is 9.51. The first-order valence-electron chi connectivity index (χ1n) is 7.84. The number of carbonyl (C=O) groups excluding carboxylic acids is 1. The van der Waals surface area contributed by atoms with Crippen molar-refractivity contribution in [3.8, 4) is 17.2 Å². The summed E-state index contributed by atoms with van der Waals surface area (Å²) in [4.78, 5) is 11.9. The van der Waals surface area contributed by atoms with Crippen LogP contribution in [0.15, 0.2) is 42.5 Å². The second-order valence-corrected chi connectivity index (χ2v) is 5.31. The number of hydrogen-bond donors (Lipinski definition) is 1. The van der Waals surface area contributed by atoms with E-state index in [1.54, 1.807) is 6.07 Å². The van der Waals surface area contributed by atoms with Gasteiger partial charge in [-0.2, -0.15) is 8.78 Å². The fourth-order valence-corrected chi connectivity index (χ4v) is 2.22. The van der Waals surface area contributed by atoms with Gasteiger partial charge in [0.05, 0.1) is 14.2 Å². The molecule has 27 heavy (non-hydrogen) atoms. The zero-order valence-corrected chi connectivity index (χ0v) is 14.7. The average Bonchev–Trinajstić information content (AvgIpc) is 2.65. The molecule has 0 bridgehead atoms. The molecule has 0 heterocycles.